The average Bonchev–Trinajstić information content (AvgIpc) is 3.36. The number of rotatable bonds is 9. The molecule has 2 fully saturated rings. The van der Waals surface area contributed by atoms with Gasteiger partial charge in [-0.1, -0.05) is 26.7 Å². The maximum atomic E-state index is 6.36. The van der Waals surface area contributed by atoms with Gasteiger partial charge in [0.2, 0.25) is 0 Å². The van der Waals surface area contributed by atoms with Crippen molar-refractivity contribution in [2.24, 2.45) is 17.6 Å². The lowest BCUT2D eigenvalue weighted by molar-refractivity contribution is -0.0190. The molecule has 2 saturated carbocycles. The number of nitrogens with zero attached hydrogens (tertiary/aromatic N) is 1. The molecule has 0 spiro atoms. The molecule has 21 heavy (non-hydrogen) atoms. The van der Waals surface area contributed by atoms with Crippen LogP contribution in [0.1, 0.15) is 65.2 Å². The third-order valence-corrected chi connectivity index (χ3v) is 6.06. The Morgan fingerprint density at radius 3 is 2.43 bits per heavy atom. The van der Waals surface area contributed by atoms with Crippen LogP contribution in [0.5, 0.6) is 0 Å². The fraction of sp³-hybridized carbons (Fsp3) is 1.00. The summed E-state index contributed by atoms with van der Waals surface area (Å²) in [5.74, 6) is 1.95. The summed E-state index contributed by atoms with van der Waals surface area (Å²) in [5.41, 5.74) is 6.60. The fourth-order valence-corrected chi connectivity index (χ4v) is 4.65. The van der Waals surface area contributed by atoms with E-state index in [4.69, 9.17) is 10.5 Å². The minimum Gasteiger partial charge on any atom is -0.383 e. The van der Waals surface area contributed by atoms with Crippen LogP contribution in [-0.2, 0) is 4.74 Å². The van der Waals surface area contributed by atoms with Crippen LogP contribution in [0.3, 0.4) is 0 Å². The molecule has 0 radical (unpaired) electrons. The van der Waals surface area contributed by atoms with E-state index in [0.29, 0.717) is 6.04 Å². The molecule has 2 aliphatic carbocycles. The van der Waals surface area contributed by atoms with Crippen molar-refractivity contribution in [3.8, 4) is 0 Å². The smallest absolute Gasteiger partial charge is 0.0590 e. The van der Waals surface area contributed by atoms with Gasteiger partial charge in [0, 0.05) is 31.8 Å². The van der Waals surface area contributed by atoms with E-state index in [9.17, 15) is 0 Å². The van der Waals surface area contributed by atoms with E-state index in [2.05, 4.69) is 18.7 Å². The molecule has 2 unspecified atom stereocenters. The molecule has 124 valence electrons. The molecule has 2 atom stereocenters. The second-order valence-electron chi connectivity index (χ2n) is 7.28. The molecule has 0 aliphatic heterocycles. The molecule has 3 heteroatoms. The van der Waals surface area contributed by atoms with Gasteiger partial charge in [-0.2, -0.15) is 0 Å². The maximum Gasteiger partial charge on any atom is 0.0590 e. The SMILES string of the molecule is CCC(CC)N(CCOC)C1(CN)CCCC(C2CC2)C1. The van der Waals surface area contributed by atoms with Crippen LogP contribution in [0, 0.1) is 11.8 Å². The van der Waals surface area contributed by atoms with Crippen molar-refractivity contribution < 1.29 is 4.74 Å². The number of ether oxygens (including phenoxy) is 1. The van der Waals surface area contributed by atoms with E-state index in [0.717, 1.165) is 31.5 Å². The van der Waals surface area contributed by atoms with Gasteiger partial charge in [0.05, 0.1) is 6.61 Å². The topological polar surface area (TPSA) is 38.5 Å². The predicted octanol–water partition coefficient (Wildman–Crippen LogP) is 3.42. The highest BCUT2D eigenvalue weighted by Crippen LogP contribution is 2.48. The number of nitrogens with two attached hydrogens (primary N) is 1. The molecule has 2 rings (SSSR count). The Kier molecular flexibility index (Phi) is 6.51. The van der Waals surface area contributed by atoms with Crippen molar-refractivity contribution in [1.29, 1.82) is 0 Å². The zero-order chi connectivity index (χ0) is 15.3. The molecule has 0 heterocycles. The Balaban J connectivity index is 2.14. The van der Waals surface area contributed by atoms with Gasteiger partial charge in [0.15, 0.2) is 0 Å². The first-order valence-corrected chi connectivity index (χ1v) is 9.16. The summed E-state index contributed by atoms with van der Waals surface area (Å²) < 4.78 is 5.40. The van der Waals surface area contributed by atoms with Crippen LogP contribution in [0.4, 0.5) is 0 Å². The molecule has 2 aliphatic rings. The van der Waals surface area contributed by atoms with Crippen LogP contribution in [-0.4, -0.2) is 43.3 Å². The molecule has 0 aromatic carbocycles. The zero-order valence-electron chi connectivity index (χ0n) is 14.4. The Labute approximate surface area is 131 Å². The van der Waals surface area contributed by atoms with Gasteiger partial charge < -0.3 is 10.5 Å². The Bertz CT molecular complexity index is 302. The van der Waals surface area contributed by atoms with Gasteiger partial charge in [-0.15, -0.1) is 0 Å². The Morgan fingerprint density at radius 1 is 1.19 bits per heavy atom. The Hall–Kier alpha value is -0.120. The molecule has 0 bridgehead atoms. The molecule has 0 aromatic rings. The van der Waals surface area contributed by atoms with Crippen LogP contribution < -0.4 is 5.73 Å². The fourth-order valence-electron chi connectivity index (χ4n) is 4.65. The number of methoxy groups -OCH3 is 1. The van der Waals surface area contributed by atoms with E-state index in [1.165, 1.54) is 51.4 Å². The average molecular weight is 296 g/mol. The molecular weight excluding hydrogens is 260 g/mol. The van der Waals surface area contributed by atoms with Gasteiger partial charge in [-0.05, 0) is 50.4 Å². The lowest BCUT2D eigenvalue weighted by Crippen LogP contribution is -2.60. The van der Waals surface area contributed by atoms with Gasteiger partial charge >= 0.3 is 0 Å². The molecule has 2 N–H and O–H groups in total. The van der Waals surface area contributed by atoms with Crippen molar-refractivity contribution in [3.63, 3.8) is 0 Å². The summed E-state index contributed by atoms with van der Waals surface area (Å²) in [6.45, 7) is 7.32. The van der Waals surface area contributed by atoms with Crippen molar-refractivity contribution in [2.75, 3.05) is 26.8 Å². The van der Waals surface area contributed by atoms with E-state index >= 15 is 0 Å². The predicted molar refractivity (Wildman–Crippen MR) is 89.4 cm³/mol. The summed E-state index contributed by atoms with van der Waals surface area (Å²) in [6.07, 6.45) is 10.8. The lowest BCUT2D eigenvalue weighted by Gasteiger charge is -2.51. The quantitative estimate of drug-likeness (QED) is 0.708. The highest BCUT2D eigenvalue weighted by atomic mass is 16.5. The molecular formula is C18H36N2O. The van der Waals surface area contributed by atoms with Crippen LogP contribution in [0.2, 0.25) is 0 Å². The molecule has 0 amide bonds. The summed E-state index contributed by atoms with van der Waals surface area (Å²) in [5, 5.41) is 0. The minimum atomic E-state index is 0.237. The maximum absolute atomic E-state index is 6.36. The van der Waals surface area contributed by atoms with Gasteiger partial charge in [0.1, 0.15) is 0 Å². The summed E-state index contributed by atoms with van der Waals surface area (Å²) >= 11 is 0. The third-order valence-electron chi connectivity index (χ3n) is 6.06. The van der Waals surface area contributed by atoms with Gasteiger partial charge in [-0.25, -0.2) is 0 Å². The summed E-state index contributed by atoms with van der Waals surface area (Å²) in [6, 6.07) is 0.654. The van der Waals surface area contributed by atoms with Crippen molar-refractivity contribution in [1.82, 2.24) is 4.90 Å². The first-order chi connectivity index (χ1) is 10.2. The van der Waals surface area contributed by atoms with E-state index < -0.39 is 0 Å². The highest BCUT2D eigenvalue weighted by Gasteiger charge is 2.45. The standard InChI is InChI=1S/C18H36N2O/c1-4-17(5-2)20(11-12-21-3)18(14-19)10-6-7-16(13-18)15-8-9-15/h15-17H,4-14,19H2,1-3H3. The number of hydrogen-bond acceptors (Lipinski definition) is 3. The third kappa shape index (κ3) is 4.00. The first-order valence-electron chi connectivity index (χ1n) is 9.16. The van der Waals surface area contributed by atoms with Crippen molar-refractivity contribution in [3.05, 3.63) is 0 Å². The van der Waals surface area contributed by atoms with E-state index in [1.54, 1.807) is 0 Å². The van der Waals surface area contributed by atoms with Crippen molar-refractivity contribution in [2.45, 2.75) is 76.8 Å². The van der Waals surface area contributed by atoms with Gasteiger partial charge in [-0.3, -0.25) is 4.90 Å². The lowest BCUT2D eigenvalue weighted by atomic mass is 9.72. The minimum absolute atomic E-state index is 0.237. The normalized spacial score (nSPS) is 30.3. The second kappa shape index (κ2) is 7.94. The summed E-state index contributed by atoms with van der Waals surface area (Å²) in [7, 11) is 1.81. The van der Waals surface area contributed by atoms with Crippen LogP contribution >= 0.6 is 0 Å². The molecule has 0 aromatic heterocycles. The monoisotopic (exact) mass is 296 g/mol. The highest BCUT2D eigenvalue weighted by molar-refractivity contribution is 5.01. The first kappa shape index (κ1) is 17.2. The van der Waals surface area contributed by atoms with Crippen LogP contribution in [0.15, 0.2) is 0 Å². The Morgan fingerprint density at radius 2 is 1.90 bits per heavy atom. The number of hydrogen-bond donors (Lipinski definition) is 1. The van der Waals surface area contributed by atoms with Crippen molar-refractivity contribution >= 4 is 0 Å². The van der Waals surface area contributed by atoms with Gasteiger partial charge in [0.25, 0.3) is 0 Å². The summed E-state index contributed by atoms with van der Waals surface area (Å²) in [4.78, 5) is 2.74. The zero-order valence-corrected chi connectivity index (χ0v) is 14.4. The molecule has 0 saturated heterocycles. The van der Waals surface area contributed by atoms with E-state index in [-0.39, 0.29) is 5.54 Å². The molecule has 3 nitrogen and oxygen atoms in total. The second-order valence-corrected chi connectivity index (χ2v) is 7.28. The largest absolute Gasteiger partial charge is 0.383 e. The van der Waals surface area contributed by atoms with E-state index in [1.807, 2.05) is 7.11 Å². The van der Waals surface area contributed by atoms with Crippen LogP contribution in [0.25, 0.3) is 0 Å².